The fourth-order valence-corrected chi connectivity index (χ4v) is 4.43. The minimum absolute atomic E-state index is 0.0118. The number of amides is 2. The number of thiazole rings is 1. The summed E-state index contributed by atoms with van der Waals surface area (Å²) in [6.45, 7) is 3.54. The SMILES string of the molecule is Cc1ccc2[nH]ncc2c1NC(=O)c1cnc(Nc2ccc(C(=O)N3CCCC3)cn2)s1. The van der Waals surface area contributed by atoms with Gasteiger partial charge < -0.3 is 15.5 Å². The Bertz CT molecular complexity index is 1290. The van der Waals surface area contributed by atoms with E-state index >= 15 is 0 Å². The number of rotatable bonds is 5. The number of hydrogen-bond acceptors (Lipinski definition) is 7. The van der Waals surface area contributed by atoms with Crippen LogP contribution in [0.4, 0.5) is 16.6 Å². The predicted octanol–water partition coefficient (Wildman–Crippen LogP) is 3.95. The maximum atomic E-state index is 12.8. The molecule has 4 aromatic rings. The number of pyridine rings is 1. The standard InChI is InChI=1S/C22H21N7O2S/c1-13-4-6-16-15(11-25-28-16)19(13)27-20(30)17-12-24-22(32-17)26-18-7-5-14(10-23-18)21(31)29-8-2-3-9-29/h4-7,10-12H,2-3,8-9H2,1H3,(H,25,28)(H,27,30)(H,23,24,26). The number of likely N-dealkylation sites (tertiary alicyclic amines) is 1. The number of nitrogens with one attached hydrogen (secondary N) is 3. The van der Waals surface area contributed by atoms with Gasteiger partial charge in [0.15, 0.2) is 5.13 Å². The summed E-state index contributed by atoms with van der Waals surface area (Å²) in [5.74, 6) is 0.327. The lowest BCUT2D eigenvalue weighted by Crippen LogP contribution is -2.27. The highest BCUT2D eigenvalue weighted by molar-refractivity contribution is 7.17. The van der Waals surface area contributed by atoms with Crippen LogP contribution in [0.5, 0.6) is 0 Å². The summed E-state index contributed by atoms with van der Waals surface area (Å²) in [4.78, 5) is 36.1. The van der Waals surface area contributed by atoms with E-state index in [2.05, 4.69) is 30.8 Å². The summed E-state index contributed by atoms with van der Waals surface area (Å²) in [6, 6.07) is 7.36. The van der Waals surface area contributed by atoms with Crippen molar-refractivity contribution in [1.82, 2.24) is 25.1 Å². The second-order valence-corrected chi connectivity index (χ2v) is 8.66. The molecule has 0 atom stereocenters. The zero-order valence-electron chi connectivity index (χ0n) is 17.4. The van der Waals surface area contributed by atoms with E-state index in [1.807, 2.05) is 24.0 Å². The first kappa shape index (κ1) is 20.1. The molecule has 1 aliphatic heterocycles. The van der Waals surface area contributed by atoms with Gasteiger partial charge in [-0.25, -0.2) is 9.97 Å². The number of aromatic amines is 1. The molecule has 3 aromatic heterocycles. The maximum Gasteiger partial charge on any atom is 0.267 e. The van der Waals surface area contributed by atoms with E-state index in [1.54, 1.807) is 24.5 Å². The van der Waals surface area contributed by atoms with E-state index in [1.165, 1.54) is 17.5 Å². The molecule has 1 saturated heterocycles. The highest BCUT2D eigenvalue weighted by Gasteiger charge is 2.20. The highest BCUT2D eigenvalue weighted by Crippen LogP contribution is 2.28. The summed E-state index contributed by atoms with van der Waals surface area (Å²) >= 11 is 1.23. The maximum absolute atomic E-state index is 12.8. The molecule has 0 spiro atoms. The molecule has 0 radical (unpaired) electrons. The van der Waals surface area contributed by atoms with Crippen molar-refractivity contribution in [3.63, 3.8) is 0 Å². The first-order valence-electron chi connectivity index (χ1n) is 10.3. The van der Waals surface area contributed by atoms with Crippen molar-refractivity contribution in [1.29, 1.82) is 0 Å². The number of aryl methyl sites for hydroxylation is 1. The predicted molar refractivity (Wildman–Crippen MR) is 124 cm³/mol. The number of carbonyl (C=O) groups excluding carboxylic acids is 2. The smallest absolute Gasteiger partial charge is 0.267 e. The van der Waals surface area contributed by atoms with Crippen LogP contribution in [0.3, 0.4) is 0 Å². The van der Waals surface area contributed by atoms with Crippen LogP contribution < -0.4 is 10.6 Å². The number of hydrogen-bond donors (Lipinski definition) is 3. The zero-order valence-corrected chi connectivity index (χ0v) is 18.2. The second-order valence-electron chi connectivity index (χ2n) is 7.63. The van der Waals surface area contributed by atoms with Gasteiger partial charge in [-0.1, -0.05) is 17.4 Å². The topological polar surface area (TPSA) is 116 Å². The number of H-pyrrole nitrogens is 1. The number of nitrogens with zero attached hydrogens (tertiary/aromatic N) is 4. The van der Waals surface area contributed by atoms with Crippen molar-refractivity contribution in [3.05, 3.63) is 58.9 Å². The third kappa shape index (κ3) is 3.92. The van der Waals surface area contributed by atoms with Crippen LogP contribution in [0.1, 0.15) is 38.4 Å². The Labute approximate surface area is 187 Å². The van der Waals surface area contributed by atoms with E-state index in [9.17, 15) is 9.59 Å². The molecule has 3 N–H and O–H groups in total. The Hall–Kier alpha value is -3.79. The largest absolute Gasteiger partial charge is 0.339 e. The first-order valence-corrected chi connectivity index (χ1v) is 11.1. The fourth-order valence-electron chi connectivity index (χ4n) is 3.71. The van der Waals surface area contributed by atoms with E-state index < -0.39 is 0 Å². The molecule has 1 aromatic carbocycles. The molecule has 9 nitrogen and oxygen atoms in total. The molecule has 32 heavy (non-hydrogen) atoms. The molecule has 4 heterocycles. The highest BCUT2D eigenvalue weighted by atomic mass is 32.1. The summed E-state index contributed by atoms with van der Waals surface area (Å²) in [7, 11) is 0. The molecule has 1 aliphatic rings. The van der Waals surface area contributed by atoms with Crippen LogP contribution in [0.15, 0.2) is 42.9 Å². The Morgan fingerprint density at radius 2 is 1.91 bits per heavy atom. The Kier molecular flexibility index (Phi) is 5.28. The molecule has 10 heteroatoms. The van der Waals surface area contributed by atoms with Gasteiger partial charge in [-0.3, -0.25) is 14.7 Å². The van der Waals surface area contributed by atoms with Crippen molar-refractivity contribution in [3.8, 4) is 0 Å². The zero-order chi connectivity index (χ0) is 22.1. The van der Waals surface area contributed by atoms with Crippen LogP contribution in [0.2, 0.25) is 0 Å². The normalized spacial score (nSPS) is 13.5. The van der Waals surface area contributed by atoms with Crippen molar-refractivity contribution < 1.29 is 9.59 Å². The molecule has 0 bridgehead atoms. The molecule has 0 saturated carbocycles. The van der Waals surface area contributed by atoms with E-state index in [0.29, 0.717) is 21.4 Å². The first-order chi connectivity index (χ1) is 15.6. The minimum Gasteiger partial charge on any atom is -0.339 e. The van der Waals surface area contributed by atoms with Crippen LogP contribution >= 0.6 is 11.3 Å². The second kappa shape index (κ2) is 8.39. The van der Waals surface area contributed by atoms with Crippen LogP contribution in [-0.2, 0) is 0 Å². The van der Waals surface area contributed by atoms with E-state index in [0.717, 1.165) is 48.1 Å². The third-order valence-electron chi connectivity index (χ3n) is 5.44. The summed E-state index contributed by atoms with van der Waals surface area (Å²) < 4.78 is 0. The molecule has 0 aliphatic carbocycles. The molecular weight excluding hydrogens is 426 g/mol. The Balaban J connectivity index is 1.26. The monoisotopic (exact) mass is 447 g/mol. The van der Waals surface area contributed by atoms with Crippen LogP contribution in [0.25, 0.3) is 10.9 Å². The summed E-state index contributed by atoms with van der Waals surface area (Å²) in [6.07, 6.45) is 6.89. The summed E-state index contributed by atoms with van der Waals surface area (Å²) in [5.41, 5.74) is 3.10. The van der Waals surface area contributed by atoms with Gasteiger partial charge in [0.1, 0.15) is 10.7 Å². The van der Waals surface area contributed by atoms with E-state index in [4.69, 9.17) is 0 Å². The van der Waals surface area contributed by atoms with Gasteiger partial charge in [0.25, 0.3) is 11.8 Å². The average Bonchev–Trinajstić information content (AvgIpc) is 3.57. The molecule has 162 valence electrons. The lowest BCUT2D eigenvalue weighted by atomic mass is 10.1. The third-order valence-corrected chi connectivity index (χ3v) is 6.35. The lowest BCUT2D eigenvalue weighted by molar-refractivity contribution is 0.0792. The fraction of sp³-hybridized carbons (Fsp3) is 0.227. The van der Waals surface area contributed by atoms with Crippen LogP contribution in [0, 0.1) is 6.92 Å². The van der Waals surface area contributed by atoms with Crippen LogP contribution in [-0.4, -0.2) is 50.0 Å². The van der Waals surface area contributed by atoms with Crippen molar-refractivity contribution >= 4 is 50.7 Å². The molecule has 5 rings (SSSR count). The van der Waals surface area contributed by atoms with Gasteiger partial charge in [-0.2, -0.15) is 5.10 Å². The average molecular weight is 448 g/mol. The van der Waals surface area contributed by atoms with Gasteiger partial charge in [0.2, 0.25) is 0 Å². The van der Waals surface area contributed by atoms with Crippen molar-refractivity contribution in [2.45, 2.75) is 19.8 Å². The van der Waals surface area contributed by atoms with Gasteiger partial charge in [-0.15, -0.1) is 0 Å². The quantitative estimate of drug-likeness (QED) is 0.427. The van der Waals surface area contributed by atoms with Crippen molar-refractivity contribution in [2.24, 2.45) is 0 Å². The number of aromatic nitrogens is 4. The lowest BCUT2D eigenvalue weighted by Gasteiger charge is -2.14. The number of anilines is 3. The van der Waals surface area contributed by atoms with Gasteiger partial charge in [0, 0.05) is 24.7 Å². The number of carbonyl (C=O) groups is 2. The molecule has 0 unspecified atom stereocenters. The van der Waals surface area contributed by atoms with Gasteiger partial charge in [0.05, 0.1) is 29.2 Å². The van der Waals surface area contributed by atoms with Crippen molar-refractivity contribution in [2.75, 3.05) is 23.7 Å². The Morgan fingerprint density at radius 1 is 1.06 bits per heavy atom. The molecule has 2 amide bonds. The molecule has 1 fully saturated rings. The number of benzene rings is 1. The number of fused-ring (bicyclic) bond motifs is 1. The molecular formula is C22H21N7O2S. The van der Waals surface area contributed by atoms with Gasteiger partial charge in [-0.05, 0) is 43.5 Å². The van der Waals surface area contributed by atoms with E-state index in [-0.39, 0.29) is 11.8 Å². The Morgan fingerprint density at radius 3 is 2.69 bits per heavy atom. The minimum atomic E-state index is -0.244. The van der Waals surface area contributed by atoms with Gasteiger partial charge >= 0.3 is 0 Å². The summed E-state index contributed by atoms with van der Waals surface area (Å²) in [5, 5.41) is 14.4.